The molecule has 1 atom stereocenters. The Morgan fingerprint density at radius 3 is 2.86 bits per heavy atom. The Balaban J connectivity index is 1.28. The number of carbonyl (C=O) groups is 2. The zero-order chi connectivity index (χ0) is 25.1. The van der Waals surface area contributed by atoms with Crippen LogP contribution in [0.2, 0.25) is 5.02 Å². The van der Waals surface area contributed by atoms with E-state index in [0.29, 0.717) is 35.4 Å². The Morgan fingerprint density at radius 1 is 1.19 bits per heavy atom. The maximum absolute atomic E-state index is 13.1. The summed E-state index contributed by atoms with van der Waals surface area (Å²) in [5.41, 5.74) is 3.67. The molecule has 4 heterocycles. The fraction of sp³-hybridized carbons (Fsp3) is 0.222. The summed E-state index contributed by atoms with van der Waals surface area (Å²) in [6.07, 6.45) is 8.31. The number of H-pyrrole nitrogens is 1. The minimum absolute atomic E-state index is 0.0100. The molecular weight excluding hydrogens is 476 g/mol. The van der Waals surface area contributed by atoms with Crippen LogP contribution in [0, 0.1) is 0 Å². The van der Waals surface area contributed by atoms with Crippen LogP contribution in [0.25, 0.3) is 22.2 Å². The fourth-order valence-corrected chi connectivity index (χ4v) is 4.64. The predicted molar refractivity (Wildman–Crippen MR) is 140 cm³/mol. The van der Waals surface area contributed by atoms with Gasteiger partial charge in [-0.25, -0.2) is 9.97 Å². The Hall–Kier alpha value is -4.04. The van der Waals surface area contributed by atoms with Crippen LogP contribution in [-0.4, -0.2) is 55.7 Å². The molecule has 1 fully saturated rings. The number of para-hydroxylation sites is 1. The Bertz CT molecular complexity index is 1430. The lowest BCUT2D eigenvalue weighted by Gasteiger charge is -2.33. The molecule has 3 aromatic heterocycles. The number of halogens is 1. The van der Waals surface area contributed by atoms with Gasteiger partial charge in [-0.05, 0) is 36.6 Å². The molecule has 1 aliphatic heterocycles. The molecule has 0 saturated carbocycles. The molecule has 1 aromatic carbocycles. The van der Waals surface area contributed by atoms with E-state index in [1.165, 1.54) is 6.08 Å². The number of fused-ring (bicyclic) bond motifs is 1. The summed E-state index contributed by atoms with van der Waals surface area (Å²) in [7, 11) is 0. The van der Waals surface area contributed by atoms with Crippen molar-refractivity contribution in [3.8, 4) is 11.3 Å². The van der Waals surface area contributed by atoms with Gasteiger partial charge < -0.3 is 15.2 Å². The highest BCUT2D eigenvalue weighted by molar-refractivity contribution is 6.33. The van der Waals surface area contributed by atoms with Crippen LogP contribution in [-0.2, 0) is 11.2 Å². The summed E-state index contributed by atoms with van der Waals surface area (Å²) in [5, 5.41) is 4.88. The number of anilines is 1. The van der Waals surface area contributed by atoms with Gasteiger partial charge in [-0.15, -0.1) is 0 Å². The zero-order valence-corrected chi connectivity index (χ0v) is 20.3. The quantitative estimate of drug-likeness (QED) is 0.357. The molecule has 182 valence electrons. The highest BCUT2D eigenvalue weighted by Gasteiger charge is 2.26. The van der Waals surface area contributed by atoms with E-state index in [2.05, 4.69) is 26.8 Å². The molecule has 0 spiro atoms. The second-order valence-electron chi connectivity index (χ2n) is 8.77. The highest BCUT2D eigenvalue weighted by Crippen LogP contribution is 2.32. The van der Waals surface area contributed by atoms with Gasteiger partial charge in [0.2, 0.25) is 5.95 Å². The topological polar surface area (TPSA) is 104 Å². The third kappa shape index (κ3) is 4.99. The van der Waals surface area contributed by atoms with Crippen molar-refractivity contribution in [1.82, 2.24) is 24.8 Å². The average Bonchev–Trinajstić information content (AvgIpc) is 3.34. The maximum atomic E-state index is 13.1. The number of ketones is 1. The van der Waals surface area contributed by atoms with E-state index in [1.807, 2.05) is 30.5 Å². The summed E-state index contributed by atoms with van der Waals surface area (Å²) in [6.45, 7) is 4.64. The lowest BCUT2D eigenvalue weighted by Crippen LogP contribution is -2.45. The predicted octanol–water partition coefficient (Wildman–Crippen LogP) is 4.69. The summed E-state index contributed by atoms with van der Waals surface area (Å²) in [4.78, 5) is 43.0. The van der Waals surface area contributed by atoms with Crippen molar-refractivity contribution in [3.63, 3.8) is 0 Å². The molecule has 0 bridgehead atoms. The van der Waals surface area contributed by atoms with Crippen LogP contribution in [0.3, 0.4) is 0 Å². The van der Waals surface area contributed by atoms with Gasteiger partial charge in [-0.3, -0.25) is 14.6 Å². The van der Waals surface area contributed by atoms with E-state index in [1.54, 1.807) is 29.4 Å². The zero-order valence-electron chi connectivity index (χ0n) is 19.6. The lowest BCUT2D eigenvalue weighted by atomic mass is 10.0. The summed E-state index contributed by atoms with van der Waals surface area (Å²) >= 11 is 6.46. The molecule has 4 aromatic rings. The van der Waals surface area contributed by atoms with E-state index < -0.39 is 0 Å². The smallest absolute Gasteiger partial charge is 0.272 e. The van der Waals surface area contributed by atoms with Gasteiger partial charge in [0.1, 0.15) is 5.69 Å². The molecule has 1 aliphatic rings. The molecular formula is C27H25ClN6O2. The largest absolute Gasteiger partial charge is 0.360 e. The third-order valence-corrected chi connectivity index (χ3v) is 6.56. The second kappa shape index (κ2) is 10.3. The Kier molecular flexibility index (Phi) is 6.77. The van der Waals surface area contributed by atoms with Crippen molar-refractivity contribution < 1.29 is 9.59 Å². The second-order valence-corrected chi connectivity index (χ2v) is 9.18. The molecule has 2 N–H and O–H groups in total. The first-order valence-electron chi connectivity index (χ1n) is 11.8. The van der Waals surface area contributed by atoms with Crippen LogP contribution in [0.4, 0.5) is 5.95 Å². The van der Waals surface area contributed by atoms with Crippen LogP contribution in [0.15, 0.2) is 67.6 Å². The normalized spacial score (nSPS) is 15.6. The van der Waals surface area contributed by atoms with Gasteiger partial charge in [-0.2, -0.15) is 0 Å². The Labute approximate surface area is 213 Å². The van der Waals surface area contributed by atoms with Crippen molar-refractivity contribution >= 4 is 40.1 Å². The molecule has 8 nitrogen and oxygen atoms in total. The van der Waals surface area contributed by atoms with Gasteiger partial charge in [0.05, 0.1) is 16.9 Å². The number of nitrogens with one attached hydrogen (secondary N) is 2. The molecule has 1 saturated heterocycles. The highest BCUT2D eigenvalue weighted by atomic mass is 35.5. The monoisotopic (exact) mass is 500 g/mol. The number of allylic oxidation sites excluding steroid dienone is 1. The van der Waals surface area contributed by atoms with Gasteiger partial charge in [0.25, 0.3) is 5.91 Å². The number of carbonyl (C=O) groups excluding carboxylic acids is 2. The molecule has 9 heteroatoms. The van der Waals surface area contributed by atoms with Gasteiger partial charge in [0, 0.05) is 54.4 Å². The fourth-order valence-electron chi connectivity index (χ4n) is 4.45. The number of aromatic amines is 1. The first-order valence-corrected chi connectivity index (χ1v) is 12.1. The van der Waals surface area contributed by atoms with E-state index >= 15 is 0 Å². The van der Waals surface area contributed by atoms with Crippen LogP contribution in [0.5, 0.6) is 0 Å². The van der Waals surface area contributed by atoms with Gasteiger partial charge >= 0.3 is 0 Å². The number of rotatable bonds is 7. The third-order valence-electron chi connectivity index (χ3n) is 6.28. The number of hydrogen-bond acceptors (Lipinski definition) is 6. The molecule has 0 aliphatic carbocycles. The molecule has 0 unspecified atom stereocenters. The maximum Gasteiger partial charge on any atom is 0.272 e. The Morgan fingerprint density at radius 2 is 2.06 bits per heavy atom. The standard InChI is InChI=1S/C27H25ClN6O2/c1-2-19(35)12-17-9-10-24(29-13-17)26(36)34-11-5-6-18(16-34)32-27-31-15-22(28)25(33-27)21-14-30-23-8-4-3-7-20(21)23/h2-4,7-10,13-15,18,30H,1,5-6,11-12,16H2,(H,31,32,33)/t18-/m1/s1. The van der Waals surface area contributed by atoms with Crippen LogP contribution >= 0.6 is 11.6 Å². The number of piperidine rings is 1. The summed E-state index contributed by atoms with van der Waals surface area (Å²) in [6, 6.07) is 11.4. The number of benzene rings is 1. The van der Waals surface area contributed by atoms with E-state index in [4.69, 9.17) is 16.6 Å². The van der Waals surface area contributed by atoms with E-state index in [0.717, 1.165) is 34.9 Å². The van der Waals surface area contributed by atoms with Crippen molar-refractivity contribution in [1.29, 1.82) is 0 Å². The average molecular weight is 501 g/mol. The number of hydrogen-bond donors (Lipinski definition) is 2. The minimum atomic E-state index is -0.139. The van der Waals surface area contributed by atoms with Crippen LogP contribution < -0.4 is 5.32 Å². The van der Waals surface area contributed by atoms with E-state index in [9.17, 15) is 9.59 Å². The molecule has 5 rings (SSSR count). The number of amides is 1. The SMILES string of the molecule is C=CC(=O)Cc1ccc(C(=O)N2CCC[C@@H](Nc3ncc(Cl)c(-c4c[nH]c5ccccc45)n3)C2)nc1. The lowest BCUT2D eigenvalue weighted by molar-refractivity contribution is -0.114. The first kappa shape index (κ1) is 23.7. The summed E-state index contributed by atoms with van der Waals surface area (Å²) < 4.78 is 0. The number of likely N-dealkylation sites (tertiary alicyclic amines) is 1. The molecule has 0 radical (unpaired) electrons. The number of pyridine rings is 1. The van der Waals surface area contributed by atoms with Crippen molar-refractivity contribution in [2.75, 3.05) is 18.4 Å². The minimum Gasteiger partial charge on any atom is -0.360 e. The molecule has 36 heavy (non-hydrogen) atoms. The van der Waals surface area contributed by atoms with E-state index in [-0.39, 0.29) is 24.2 Å². The van der Waals surface area contributed by atoms with Gasteiger partial charge in [0.15, 0.2) is 5.78 Å². The number of nitrogens with zero attached hydrogens (tertiary/aromatic N) is 4. The first-order chi connectivity index (χ1) is 17.5. The van der Waals surface area contributed by atoms with Crippen molar-refractivity contribution in [2.24, 2.45) is 0 Å². The number of aromatic nitrogens is 4. The van der Waals surface area contributed by atoms with Crippen molar-refractivity contribution in [2.45, 2.75) is 25.3 Å². The van der Waals surface area contributed by atoms with Gasteiger partial charge in [-0.1, -0.05) is 42.4 Å². The summed E-state index contributed by atoms with van der Waals surface area (Å²) in [5.74, 6) is 0.242. The molecule has 1 amide bonds. The van der Waals surface area contributed by atoms with Crippen LogP contribution in [0.1, 0.15) is 28.9 Å². The van der Waals surface area contributed by atoms with Crippen molar-refractivity contribution in [3.05, 3.63) is 83.9 Å².